The summed E-state index contributed by atoms with van der Waals surface area (Å²) in [4.78, 5) is 12.2. The molecule has 2 unspecified atom stereocenters. The zero-order chi connectivity index (χ0) is 14.7. The van der Waals surface area contributed by atoms with Gasteiger partial charge in [-0.3, -0.25) is 4.79 Å². The topological polar surface area (TPSA) is 63.2 Å². The van der Waals surface area contributed by atoms with Crippen LogP contribution >= 0.6 is 15.9 Å². The number of halogens is 1. The minimum absolute atomic E-state index is 0.0171. The summed E-state index contributed by atoms with van der Waals surface area (Å²) in [6.07, 6.45) is 2.74. The van der Waals surface area contributed by atoms with E-state index in [9.17, 15) is 13.2 Å². The minimum atomic E-state index is -3.25. The number of hydrogen-bond donors (Lipinski definition) is 1. The first-order valence-electron chi connectivity index (χ1n) is 6.76. The van der Waals surface area contributed by atoms with Gasteiger partial charge in [-0.1, -0.05) is 43.1 Å². The molecule has 0 radical (unpaired) electrons. The molecule has 0 aliphatic carbocycles. The van der Waals surface area contributed by atoms with Crippen LogP contribution in [0.25, 0.3) is 0 Å². The first kappa shape index (κ1) is 17.0. The van der Waals surface area contributed by atoms with E-state index >= 15 is 0 Å². The van der Waals surface area contributed by atoms with Crippen molar-refractivity contribution in [3.05, 3.63) is 0 Å². The monoisotopic (exact) mass is 353 g/mol. The molecule has 1 N–H and O–H groups in total. The molecule has 19 heavy (non-hydrogen) atoms. The number of nitrogens with one attached hydrogen (secondary N) is 1. The molecule has 1 rings (SSSR count). The molecule has 1 heterocycles. The predicted octanol–water partition coefficient (Wildman–Crippen LogP) is 2.27. The van der Waals surface area contributed by atoms with Gasteiger partial charge in [0.15, 0.2) is 9.84 Å². The maximum absolute atomic E-state index is 12.2. The average Bonchev–Trinajstić information content (AvgIpc) is 2.26. The molecule has 1 aliphatic heterocycles. The number of sulfone groups is 1. The Balaban J connectivity index is 2.77. The van der Waals surface area contributed by atoms with Crippen molar-refractivity contribution in [1.29, 1.82) is 0 Å². The highest BCUT2D eigenvalue weighted by atomic mass is 79.9. The maximum atomic E-state index is 12.2. The largest absolute Gasteiger partial charge is 0.352 e. The van der Waals surface area contributed by atoms with E-state index in [0.29, 0.717) is 12.8 Å². The molecule has 2 atom stereocenters. The molecule has 1 amide bonds. The Morgan fingerprint density at radius 2 is 2.00 bits per heavy atom. The highest BCUT2D eigenvalue weighted by Crippen LogP contribution is 2.25. The van der Waals surface area contributed by atoms with E-state index in [-0.39, 0.29) is 23.1 Å². The van der Waals surface area contributed by atoms with Crippen molar-refractivity contribution < 1.29 is 13.2 Å². The van der Waals surface area contributed by atoms with E-state index in [1.54, 1.807) is 0 Å². The summed E-state index contributed by atoms with van der Waals surface area (Å²) >= 11 is 3.38. The van der Waals surface area contributed by atoms with Gasteiger partial charge in [0.05, 0.1) is 5.75 Å². The van der Waals surface area contributed by atoms with Gasteiger partial charge in [-0.25, -0.2) is 8.42 Å². The molecule has 0 spiro atoms. The third kappa shape index (κ3) is 4.74. The quantitative estimate of drug-likeness (QED) is 0.788. The molecule has 1 aliphatic rings. The second-order valence-electron chi connectivity index (χ2n) is 6.26. The predicted molar refractivity (Wildman–Crippen MR) is 81.2 cm³/mol. The molecule has 4 nitrogen and oxygen atoms in total. The standard InChI is InChI=1S/C13H24BrNO3S/c1-13(2,3)11(7-8-14)15-12(16)10-6-4-5-9-19(10,17)18/h10-11H,4-9H2,1-3H3,(H,15,16). The van der Waals surface area contributed by atoms with Gasteiger partial charge in [0.2, 0.25) is 5.91 Å². The van der Waals surface area contributed by atoms with Gasteiger partial charge in [-0.2, -0.15) is 0 Å². The second kappa shape index (κ2) is 6.57. The lowest BCUT2D eigenvalue weighted by Crippen LogP contribution is -2.50. The normalized spacial score (nSPS) is 24.7. The molecule has 1 saturated heterocycles. The number of hydrogen-bond acceptors (Lipinski definition) is 3. The van der Waals surface area contributed by atoms with Crippen molar-refractivity contribution >= 4 is 31.7 Å². The average molecular weight is 354 g/mol. The summed E-state index contributed by atoms with van der Waals surface area (Å²) in [6, 6.07) is -0.0171. The van der Waals surface area contributed by atoms with Crippen molar-refractivity contribution in [2.75, 3.05) is 11.1 Å². The first-order chi connectivity index (χ1) is 8.68. The highest BCUT2D eigenvalue weighted by Gasteiger charge is 2.37. The Morgan fingerprint density at radius 1 is 1.37 bits per heavy atom. The van der Waals surface area contributed by atoms with Crippen molar-refractivity contribution in [3.8, 4) is 0 Å². The van der Waals surface area contributed by atoms with Crippen LogP contribution < -0.4 is 5.32 Å². The molecule has 112 valence electrons. The summed E-state index contributed by atoms with van der Waals surface area (Å²) in [5, 5.41) is 2.87. The van der Waals surface area contributed by atoms with Crippen molar-refractivity contribution in [2.24, 2.45) is 5.41 Å². The number of alkyl halides is 1. The summed E-state index contributed by atoms with van der Waals surface area (Å²) in [7, 11) is -3.25. The summed E-state index contributed by atoms with van der Waals surface area (Å²) < 4.78 is 23.9. The number of carbonyl (C=O) groups excluding carboxylic acids is 1. The van der Waals surface area contributed by atoms with Gasteiger partial charge < -0.3 is 5.32 Å². The molecule has 0 aromatic heterocycles. The van der Waals surface area contributed by atoms with E-state index in [2.05, 4.69) is 42.0 Å². The number of amides is 1. The van der Waals surface area contributed by atoms with Gasteiger partial charge in [-0.15, -0.1) is 0 Å². The highest BCUT2D eigenvalue weighted by molar-refractivity contribution is 9.09. The van der Waals surface area contributed by atoms with Gasteiger partial charge >= 0.3 is 0 Å². The molecule has 0 saturated carbocycles. The van der Waals surface area contributed by atoms with Crippen LogP contribution in [-0.2, 0) is 14.6 Å². The summed E-state index contributed by atoms with van der Waals surface area (Å²) in [5.74, 6) is -0.176. The van der Waals surface area contributed by atoms with Crippen LogP contribution in [0.15, 0.2) is 0 Å². The first-order valence-corrected chi connectivity index (χ1v) is 9.60. The fourth-order valence-corrected chi connectivity index (χ4v) is 4.61. The van der Waals surface area contributed by atoms with E-state index < -0.39 is 15.1 Å². The smallest absolute Gasteiger partial charge is 0.238 e. The van der Waals surface area contributed by atoms with Gasteiger partial charge in [0, 0.05) is 11.4 Å². The van der Waals surface area contributed by atoms with E-state index in [1.165, 1.54) is 0 Å². The summed E-state index contributed by atoms with van der Waals surface area (Å²) in [6.45, 7) is 6.15. The third-order valence-corrected chi connectivity index (χ3v) is 6.26. The molecular weight excluding hydrogens is 330 g/mol. The molecule has 0 bridgehead atoms. The Bertz CT molecular complexity index is 414. The van der Waals surface area contributed by atoms with Gasteiger partial charge in [-0.05, 0) is 24.7 Å². The third-order valence-electron chi connectivity index (χ3n) is 3.63. The number of rotatable bonds is 4. The van der Waals surface area contributed by atoms with Crippen LogP contribution in [0, 0.1) is 5.41 Å². The summed E-state index contributed by atoms with van der Waals surface area (Å²) in [5.41, 5.74) is -0.0815. The second-order valence-corrected chi connectivity index (χ2v) is 9.35. The number of carbonyl (C=O) groups is 1. The fraction of sp³-hybridized carbons (Fsp3) is 0.923. The van der Waals surface area contributed by atoms with E-state index in [0.717, 1.165) is 18.2 Å². The van der Waals surface area contributed by atoms with Crippen molar-refractivity contribution in [2.45, 2.75) is 57.7 Å². The van der Waals surface area contributed by atoms with Gasteiger partial charge in [0.1, 0.15) is 5.25 Å². The van der Waals surface area contributed by atoms with Crippen LogP contribution in [0.5, 0.6) is 0 Å². The Kier molecular flexibility index (Phi) is 5.86. The van der Waals surface area contributed by atoms with E-state index in [4.69, 9.17) is 0 Å². The van der Waals surface area contributed by atoms with Crippen molar-refractivity contribution in [1.82, 2.24) is 5.32 Å². The molecule has 6 heteroatoms. The van der Waals surface area contributed by atoms with Crippen LogP contribution in [-0.4, -0.2) is 36.7 Å². The van der Waals surface area contributed by atoms with Crippen molar-refractivity contribution in [3.63, 3.8) is 0 Å². The van der Waals surface area contributed by atoms with Crippen LogP contribution in [0.3, 0.4) is 0 Å². The van der Waals surface area contributed by atoms with E-state index in [1.807, 2.05) is 0 Å². The van der Waals surface area contributed by atoms with Crippen LogP contribution in [0.4, 0.5) is 0 Å². The SMILES string of the molecule is CC(C)(C)C(CCBr)NC(=O)C1CCCCS1(=O)=O. The fourth-order valence-electron chi connectivity index (χ4n) is 2.34. The Hall–Kier alpha value is -0.100. The Labute approximate surface area is 124 Å². The Morgan fingerprint density at radius 3 is 2.47 bits per heavy atom. The lowest BCUT2D eigenvalue weighted by molar-refractivity contribution is -0.122. The minimum Gasteiger partial charge on any atom is -0.352 e. The lowest BCUT2D eigenvalue weighted by Gasteiger charge is -2.33. The van der Waals surface area contributed by atoms with Gasteiger partial charge in [0.25, 0.3) is 0 Å². The molecular formula is C13H24BrNO3S. The van der Waals surface area contributed by atoms with Crippen LogP contribution in [0.2, 0.25) is 0 Å². The molecule has 0 aromatic rings. The zero-order valence-electron chi connectivity index (χ0n) is 11.9. The maximum Gasteiger partial charge on any atom is 0.238 e. The lowest BCUT2D eigenvalue weighted by atomic mass is 9.85. The van der Waals surface area contributed by atoms with Crippen LogP contribution in [0.1, 0.15) is 46.5 Å². The zero-order valence-corrected chi connectivity index (χ0v) is 14.3. The molecule has 0 aromatic carbocycles. The molecule has 1 fully saturated rings.